The monoisotopic (exact) mass is 378 g/mol. The van der Waals surface area contributed by atoms with E-state index in [9.17, 15) is 5.26 Å². The largest absolute Gasteiger partial charge is 0.463 e. The van der Waals surface area contributed by atoms with Crippen LogP contribution >= 0.6 is 22.9 Å². The van der Waals surface area contributed by atoms with Crippen LogP contribution in [0.3, 0.4) is 0 Å². The number of thiazole rings is 1. The van der Waals surface area contributed by atoms with Crippen molar-refractivity contribution in [3.63, 3.8) is 0 Å². The van der Waals surface area contributed by atoms with E-state index in [2.05, 4.69) is 11.1 Å². The molecule has 0 unspecified atom stereocenters. The molecule has 0 fully saturated rings. The highest BCUT2D eigenvalue weighted by atomic mass is 35.5. The molecule has 0 spiro atoms. The number of hydrogen-bond acceptors (Lipinski definition) is 5. The third kappa shape index (κ3) is 3.33. The van der Waals surface area contributed by atoms with Crippen molar-refractivity contribution in [2.24, 2.45) is 0 Å². The molecule has 0 saturated carbocycles. The van der Waals surface area contributed by atoms with Crippen molar-refractivity contribution in [3.8, 4) is 28.8 Å². The van der Waals surface area contributed by atoms with Gasteiger partial charge < -0.3 is 8.83 Å². The molecule has 0 amide bonds. The molecular formula is C20H11ClN2O2S. The Labute approximate surface area is 158 Å². The van der Waals surface area contributed by atoms with Crippen molar-refractivity contribution < 1.29 is 8.83 Å². The lowest BCUT2D eigenvalue weighted by Crippen LogP contribution is -1.81. The molecular weight excluding hydrogens is 368 g/mol. The van der Waals surface area contributed by atoms with Gasteiger partial charge in [-0.15, -0.1) is 11.3 Å². The van der Waals surface area contributed by atoms with Crippen LogP contribution in [0.1, 0.15) is 10.8 Å². The third-order valence-electron chi connectivity index (χ3n) is 3.65. The number of aromatic nitrogens is 1. The third-order valence-corrected chi connectivity index (χ3v) is 4.76. The highest BCUT2D eigenvalue weighted by molar-refractivity contribution is 7.11. The Morgan fingerprint density at radius 1 is 1.15 bits per heavy atom. The van der Waals surface area contributed by atoms with Crippen LogP contribution < -0.4 is 0 Å². The van der Waals surface area contributed by atoms with Gasteiger partial charge in [-0.1, -0.05) is 23.7 Å². The summed E-state index contributed by atoms with van der Waals surface area (Å²) < 4.78 is 11.2. The molecule has 4 rings (SSSR count). The molecule has 0 bridgehead atoms. The minimum atomic E-state index is 0.430. The maximum Gasteiger partial charge on any atom is 0.153 e. The summed E-state index contributed by atoms with van der Waals surface area (Å²) in [7, 11) is 0. The summed E-state index contributed by atoms with van der Waals surface area (Å²) in [6.45, 7) is 0. The first-order valence-corrected chi connectivity index (χ1v) is 8.96. The maximum absolute atomic E-state index is 9.51. The Bertz CT molecular complexity index is 1120. The van der Waals surface area contributed by atoms with Crippen LogP contribution in [0.2, 0.25) is 5.02 Å². The van der Waals surface area contributed by atoms with Gasteiger partial charge in [-0.25, -0.2) is 4.98 Å². The number of rotatable bonds is 4. The van der Waals surface area contributed by atoms with E-state index in [0.29, 0.717) is 38.6 Å². The smallest absolute Gasteiger partial charge is 0.153 e. The molecule has 0 N–H and O–H groups in total. The Balaban J connectivity index is 1.64. The minimum absolute atomic E-state index is 0.430. The molecule has 0 atom stereocenters. The summed E-state index contributed by atoms with van der Waals surface area (Å²) in [5.74, 6) is 1.93. The molecule has 6 heteroatoms. The highest BCUT2D eigenvalue weighted by Gasteiger charge is 2.12. The van der Waals surface area contributed by atoms with Crippen molar-refractivity contribution >= 4 is 34.6 Å². The molecule has 0 radical (unpaired) electrons. The fourth-order valence-electron chi connectivity index (χ4n) is 2.45. The van der Waals surface area contributed by atoms with Gasteiger partial charge >= 0.3 is 0 Å². The zero-order chi connectivity index (χ0) is 17.9. The summed E-state index contributed by atoms with van der Waals surface area (Å²) in [6.07, 6.45) is 3.27. The topological polar surface area (TPSA) is 63.0 Å². The average molecular weight is 379 g/mol. The summed E-state index contributed by atoms with van der Waals surface area (Å²) in [6, 6.07) is 16.9. The zero-order valence-corrected chi connectivity index (χ0v) is 14.9. The van der Waals surface area contributed by atoms with E-state index in [1.54, 1.807) is 18.4 Å². The second-order valence-electron chi connectivity index (χ2n) is 5.40. The highest BCUT2D eigenvalue weighted by Crippen LogP contribution is 2.29. The van der Waals surface area contributed by atoms with Gasteiger partial charge in [0.2, 0.25) is 0 Å². The number of hydrogen-bond donors (Lipinski definition) is 0. The Morgan fingerprint density at radius 3 is 2.85 bits per heavy atom. The summed E-state index contributed by atoms with van der Waals surface area (Å²) in [5, 5.41) is 12.6. The van der Waals surface area contributed by atoms with E-state index in [4.69, 9.17) is 20.4 Å². The molecule has 3 aromatic heterocycles. The first kappa shape index (κ1) is 16.4. The van der Waals surface area contributed by atoms with E-state index in [1.165, 1.54) is 11.3 Å². The van der Waals surface area contributed by atoms with E-state index < -0.39 is 0 Å². The lowest BCUT2D eigenvalue weighted by molar-refractivity contribution is 0.572. The van der Waals surface area contributed by atoms with Crippen LogP contribution in [0.4, 0.5) is 0 Å². The Hall–Kier alpha value is -3.07. The molecule has 1 aromatic carbocycles. The van der Waals surface area contributed by atoms with Crippen LogP contribution in [0.5, 0.6) is 0 Å². The summed E-state index contributed by atoms with van der Waals surface area (Å²) in [5.41, 5.74) is 2.01. The number of allylic oxidation sites excluding steroid dienone is 1. The molecule has 0 aliphatic carbocycles. The van der Waals surface area contributed by atoms with Gasteiger partial charge in [0.15, 0.2) is 5.76 Å². The SMILES string of the molecule is N#CC(=Cc1ccc(-c2cccc(Cl)c2)o1)c1nc(-c2ccco2)cs1. The first-order chi connectivity index (χ1) is 12.7. The lowest BCUT2D eigenvalue weighted by Gasteiger charge is -1.97. The molecule has 126 valence electrons. The quantitative estimate of drug-likeness (QED) is 0.386. The van der Waals surface area contributed by atoms with Crippen LogP contribution in [-0.4, -0.2) is 4.98 Å². The van der Waals surface area contributed by atoms with Crippen molar-refractivity contribution in [2.45, 2.75) is 0 Å². The predicted molar refractivity (Wildman–Crippen MR) is 102 cm³/mol. The van der Waals surface area contributed by atoms with Gasteiger partial charge in [0, 0.05) is 22.0 Å². The van der Waals surface area contributed by atoms with Crippen LogP contribution in [-0.2, 0) is 0 Å². The zero-order valence-electron chi connectivity index (χ0n) is 13.3. The number of nitrogens with zero attached hydrogens (tertiary/aromatic N) is 2. The van der Waals surface area contributed by atoms with Gasteiger partial charge in [-0.05, 0) is 36.4 Å². The standard InChI is InChI=1S/C20H11ClN2O2S/c21-15-4-1-3-13(9-15)18-7-6-16(25-18)10-14(11-22)20-23-17(12-26-20)19-5-2-8-24-19/h1-10,12H. The van der Waals surface area contributed by atoms with Gasteiger partial charge in [-0.2, -0.15) is 5.26 Å². The van der Waals surface area contributed by atoms with Crippen molar-refractivity contribution in [1.29, 1.82) is 5.26 Å². The van der Waals surface area contributed by atoms with E-state index in [1.807, 2.05) is 47.8 Å². The minimum Gasteiger partial charge on any atom is -0.463 e. The molecule has 3 heterocycles. The molecule has 26 heavy (non-hydrogen) atoms. The molecule has 0 aliphatic rings. The summed E-state index contributed by atoms with van der Waals surface area (Å²) in [4.78, 5) is 4.47. The second kappa shape index (κ2) is 7.04. The van der Waals surface area contributed by atoms with E-state index >= 15 is 0 Å². The summed E-state index contributed by atoms with van der Waals surface area (Å²) >= 11 is 7.41. The number of halogens is 1. The Morgan fingerprint density at radius 2 is 2.08 bits per heavy atom. The van der Waals surface area contributed by atoms with Crippen LogP contribution in [0.15, 0.2) is 69.0 Å². The Kier molecular flexibility index (Phi) is 4.44. The normalized spacial score (nSPS) is 11.5. The van der Waals surface area contributed by atoms with Crippen molar-refractivity contribution in [1.82, 2.24) is 4.98 Å². The van der Waals surface area contributed by atoms with Crippen LogP contribution in [0.25, 0.3) is 34.4 Å². The molecule has 0 aliphatic heterocycles. The lowest BCUT2D eigenvalue weighted by atomic mass is 10.2. The van der Waals surface area contributed by atoms with Crippen molar-refractivity contribution in [2.75, 3.05) is 0 Å². The van der Waals surface area contributed by atoms with Crippen LogP contribution in [0, 0.1) is 11.3 Å². The van der Waals surface area contributed by atoms with Gasteiger partial charge in [-0.3, -0.25) is 0 Å². The average Bonchev–Trinajstić information content (AvgIpc) is 3.40. The van der Waals surface area contributed by atoms with E-state index in [0.717, 1.165) is 5.56 Å². The maximum atomic E-state index is 9.51. The number of nitriles is 1. The fourth-order valence-corrected chi connectivity index (χ4v) is 3.41. The first-order valence-electron chi connectivity index (χ1n) is 7.70. The molecule has 4 aromatic rings. The number of benzene rings is 1. The second-order valence-corrected chi connectivity index (χ2v) is 6.69. The molecule has 4 nitrogen and oxygen atoms in total. The molecule has 0 saturated heterocycles. The fraction of sp³-hybridized carbons (Fsp3) is 0. The van der Waals surface area contributed by atoms with E-state index in [-0.39, 0.29) is 0 Å². The van der Waals surface area contributed by atoms with Gasteiger partial charge in [0.25, 0.3) is 0 Å². The predicted octanol–water partition coefficient (Wildman–Crippen LogP) is 6.38. The van der Waals surface area contributed by atoms with Crippen molar-refractivity contribution in [3.05, 3.63) is 76.0 Å². The van der Waals surface area contributed by atoms with Gasteiger partial charge in [0.05, 0.1) is 11.8 Å². The van der Waals surface area contributed by atoms with Gasteiger partial charge in [0.1, 0.15) is 28.3 Å². The number of furan rings is 2.